The van der Waals surface area contributed by atoms with Crippen LogP contribution in [0.5, 0.6) is 0 Å². The van der Waals surface area contributed by atoms with E-state index in [4.69, 9.17) is 5.73 Å². The van der Waals surface area contributed by atoms with Gasteiger partial charge in [0, 0.05) is 49.8 Å². The molecule has 0 saturated carbocycles. The van der Waals surface area contributed by atoms with Gasteiger partial charge in [0.1, 0.15) is 5.69 Å². The van der Waals surface area contributed by atoms with Crippen LogP contribution in [0, 0.1) is 11.8 Å². The Labute approximate surface area is 188 Å². The summed E-state index contributed by atoms with van der Waals surface area (Å²) in [7, 11) is 3.94. The molecule has 0 spiro atoms. The van der Waals surface area contributed by atoms with E-state index in [1.165, 1.54) is 0 Å². The highest BCUT2D eigenvalue weighted by molar-refractivity contribution is 6.05. The van der Waals surface area contributed by atoms with E-state index < -0.39 is 0 Å². The number of nitrogens with zero attached hydrogens (tertiary/aromatic N) is 4. The number of likely N-dealkylation sites (N-methyl/N-ethyl adjacent to an activating group) is 1. The molecule has 1 aromatic heterocycles. The molecular formula is C24H30N6O2. The minimum atomic E-state index is -0.126. The summed E-state index contributed by atoms with van der Waals surface area (Å²) < 4.78 is 0. The first kappa shape index (κ1) is 22.0. The van der Waals surface area contributed by atoms with Crippen molar-refractivity contribution in [1.29, 1.82) is 0 Å². The van der Waals surface area contributed by atoms with Gasteiger partial charge in [-0.15, -0.1) is 0 Å². The number of hydrogen-bond acceptors (Lipinski definition) is 6. The summed E-state index contributed by atoms with van der Waals surface area (Å²) in [5.41, 5.74) is 7.84. The number of nitrogens with two attached hydrogens (primary N) is 1. The second kappa shape index (κ2) is 9.48. The Hall–Kier alpha value is -3.26. The lowest BCUT2D eigenvalue weighted by molar-refractivity contribution is -0.121. The summed E-state index contributed by atoms with van der Waals surface area (Å²) in [5.74, 6) is 0.661. The number of nitrogens with one attached hydrogen (secondary N) is 1. The van der Waals surface area contributed by atoms with Crippen LogP contribution < -0.4 is 11.1 Å². The maximum atomic E-state index is 13.4. The lowest BCUT2D eigenvalue weighted by Gasteiger charge is -2.17. The second-order valence-electron chi connectivity index (χ2n) is 8.74. The Morgan fingerprint density at radius 3 is 2.56 bits per heavy atom. The van der Waals surface area contributed by atoms with Gasteiger partial charge in [-0.2, -0.15) is 0 Å². The summed E-state index contributed by atoms with van der Waals surface area (Å²) in [4.78, 5) is 38.0. The Balaban J connectivity index is 1.50. The summed E-state index contributed by atoms with van der Waals surface area (Å²) in [6.45, 7) is 2.76. The third-order valence-electron chi connectivity index (χ3n) is 6.03. The first-order valence-corrected chi connectivity index (χ1v) is 11.0. The van der Waals surface area contributed by atoms with Crippen LogP contribution in [0.3, 0.4) is 0 Å². The molecule has 1 aliphatic carbocycles. The van der Waals surface area contributed by atoms with E-state index in [1.807, 2.05) is 54.2 Å². The highest BCUT2D eigenvalue weighted by Gasteiger charge is 2.34. The molecule has 8 heteroatoms. The highest BCUT2D eigenvalue weighted by Crippen LogP contribution is 2.30. The molecule has 1 aromatic carbocycles. The van der Waals surface area contributed by atoms with E-state index in [0.29, 0.717) is 60.9 Å². The number of benzene rings is 1. The summed E-state index contributed by atoms with van der Waals surface area (Å²) >= 11 is 0. The van der Waals surface area contributed by atoms with Gasteiger partial charge in [-0.05, 0) is 38.2 Å². The quantitative estimate of drug-likeness (QED) is 0.687. The van der Waals surface area contributed by atoms with E-state index in [1.54, 1.807) is 0 Å². The molecule has 32 heavy (non-hydrogen) atoms. The SMILES string of the molecule is CN(C)CCNC(=O)CCc1ccc2nc(N)nc(C(=O)N3CC4C=CC=CC4C3)c2c1. The van der Waals surface area contributed by atoms with Gasteiger partial charge in [-0.25, -0.2) is 9.97 Å². The smallest absolute Gasteiger partial charge is 0.273 e. The number of anilines is 1. The largest absolute Gasteiger partial charge is 0.368 e. The molecule has 8 nitrogen and oxygen atoms in total. The van der Waals surface area contributed by atoms with Crippen molar-refractivity contribution in [2.45, 2.75) is 12.8 Å². The fraction of sp³-hybridized carbons (Fsp3) is 0.417. The molecule has 2 atom stereocenters. The first-order chi connectivity index (χ1) is 15.4. The van der Waals surface area contributed by atoms with E-state index in [9.17, 15) is 9.59 Å². The molecule has 2 heterocycles. The van der Waals surface area contributed by atoms with Crippen molar-refractivity contribution in [3.63, 3.8) is 0 Å². The van der Waals surface area contributed by atoms with Crippen LogP contribution in [0.15, 0.2) is 42.5 Å². The number of carbonyl (C=O) groups excluding carboxylic acids is 2. The van der Waals surface area contributed by atoms with Crippen molar-refractivity contribution in [2.24, 2.45) is 11.8 Å². The third kappa shape index (κ3) is 4.96. The monoisotopic (exact) mass is 434 g/mol. The van der Waals surface area contributed by atoms with Crippen molar-refractivity contribution in [3.05, 3.63) is 53.8 Å². The van der Waals surface area contributed by atoms with Crippen molar-refractivity contribution in [3.8, 4) is 0 Å². The van der Waals surface area contributed by atoms with Crippen LogP contribution in [0.2, 0.25) is 0 Å². The summed E-state index contributed by atoms with van der Waals surface area (Å²) in [6, 6.07) is 5.69. The standard InChI is InChI=1S/C24H30N6O2/c1-29(2)12-11-26-21(31)10-8-16-7-9-20-19(13-16)22(28-24(25)27-20)23(32)30-14-17-5-3-4-6-18(17)15-30/h3-7,9,13,17-18H,8,10-12,14-15H2,1-2H3,(H,26,31)(H2,25,27,28). The van der Waals surface area contributed by atoms with Gasteiger partial charge in [-0.3, -0.25) is 9.59 Å². The normalized spacial score (nSPS) is 19.5. The molecule has 1 aliphatic heterocycles. The van der Waals surface area contributed by atoms with Crippen LogP contribution in [0.1, 0.15) is 22.5 Å². The number of aryl methyl sites for hydroxylation is 1. The first-order valence-electron chi connectivity index (χ1n) is 11.0. The van der Waals surface area contributed by atoms with Gasteiger partial charge in [0.15, 0.2) is 0 Å². The minimum Gasteiger partial charge on any atom is -0.368 e. The molecule has 1 fully saturated rings. The van der Waals surface area contributed by atoms with E-state index >= 15 is 0 Å². The van der Waals surface area contributed by atoms with Crippen molar-refractivity contribution in [2.75, 3.05) is 46.0 Å². The van der Waals surface area contributed by atoms with Crippen LogP contribution in [0.4, 0.5) is 5.95 Å². The minimum absolute atomic E-state index is 0.0117. The molecule has 168 valence electrons. The number of fused-ring (bicyclic) bond motifs is 2. The van der Waals surface area contributed by atoms with Crippen LogP contribution in [-0.4, -0.2) is 71.9 Å². The van der Waals surface area contributed by atoms with Gasteiger partial charge in [0.2, 0.25) is 11.9 Å². The van der Waals surface area contributed by atoms with Crippen molar-refractivity contribution in [1.82, 2.24) is 25.1 Å². The van der Waals surface area contributed by atoms with Gasteiger partial charge in [0.25, 0.3) is 5.91 Å². The zero-order valence-corrected chi connectivity index (χ0v) is 18.6. The van der Waals surface area contributed by atoms with E-state index in [0.717, 1.165) is 12.1 Å². The molecule has 2 unspecified atom stereocenters. The Morgan fingerprint density at radius 1 is 1.16 bits per heavy atom. The maximum Gasteiger partial charge on any atom is 0.273 e. The lowest BCUT2D eigenvalue weighted by atomic mass is 9.92. The number of allylic oxidation sites excluding steroid dienone is 2. The van der Waals surface area contributed by atoms with Crippen LogP contribution >= 0.6 is 0 Å². The number of aromatic nitrogens is 2. The Bertz CT molecular complexity index is 1060. The number of amides is 2. The molecular weight excluding hydrogens is 404 g/mol. The average molecular weight is 435 g/mol. The number of hydrogen-bond donors (Lipinski definition) is 2. The average Bonchev–Trinajstić information content (AvgIpc) is 3.20. The molecule has 0 radical (unpaired) electrons. The van der Waals surface area contributed by atoms with Gasteiger partial charge < -0.3 is 20.9 Å². The third-order valence-corrected chi connectivity index (χ3v) is 6.03. The molecule has 2 aliphatic rings. The zero-order chi connectivity index (χ0) is 22.7. The van der Waals surface area contributed by atoms with Gasteiger partial charge >= 0.3 is 0 Å². The topological polar surface area (TPSA) is 104 Å². The Morgan fingerprint density at radius 2 is 1.88 bits per heavy atom. The number of nitrogen functional groups attached to an aromatic ring is 1. The fourth-order valence-electron chi connectivity index (χ4n) is 4.27. The van der Waals surface area contributed by atoms with Gasteiger partial charge in [-0.1, -0.05) is 30.4 Å². The predicted molar refractivity (Wildman–Crippen MR) is 125 cm³/mol. The molecule has 1 saturated heterocycles. The highest BCUT2D eigenvalue weighted by atomic mass is 16.2. The van der Waals surface area contributed by atoms with E-state index in [-0.39, 0.29) is 17.8 Å². The summed E-state index contributed by atoms with van der Waals surface area (Å²) in [6.07, 6.45) is 9.35. The lowest BCUT2D eigenvalue weighted by Crippen LogP contribution is -2.31. The molecule has 4 rings (SSSR count). The maximum absolute atomic E-state index is 13.4. The number of likely N-dealkylation sites (tertiary alicyclic amines) is 1. The van der Waals surface area contributed by atoms with E-state index in [2.05, 4.69) is 27.4 Å². The fourth-order valence-corrected chi connectivity index (χ4v) is 4.27. The second-order valence-corrected chi connectivity index (χ2v) is 8.74. The number of rotatable bonds is 7. The van der Waals surface area contributed by atoms with Crippen molar-refractivity contribution < 1.29 is 9.59 Å². The summed E-state index contributed by atoms with van der Waals surface area (Å²) in [5, 5.41) is 3.60. The molecule has 2 amide bonds. The predicted octanol–water partition coefficient (Wildman–Crippen LogP) is 1.64. The molecule has 0 bridgehead atoms. The van der Waals surface area contributed by atoms with Crippen molar-refractivity contribution >= 4 is 28.7 Å². The Kier molecular flexibility index (Phi) is 6.50. The molecule has 2 aromatic rings. The zero-order valence-electron chi connectivity index (χ0n) is 18.6. The van der Waals surface area contributed by atoms with Crippen LogP contribution in [-0.2, 0) is 11.2 Å². The number of carbonyl (C=O) groups is 2. The van der Waals surface area contributed by atoms with Gasteiger partial charge in [0.05, 0.1) is 5.52 Å². The van der Waals surface area contributed by atoms with Crippen LogP contribution in [0.25, 0.3) is 10.9 Å². The molecule has 3 N–H and O–H groups in total.